The van der Waals surface area contributed by atoms with E-state index in [4.69, 9.17) is 9.15 Å². The highest BCUT2D eigenvalue weighted by Gasteiger charge is 2.18. The van der Waals surface area contributed by atoms with Gasteiger partial charge in [-0.05, 0) is 35.4 Å². The van der Waals surface area contributed by atoms with Crippen LogP contribution in [0.1, 0.15) is 29.5 Å². The lowest BCUT2D eigenvalue weighted by Gasteiger charge is -2.20. The molecule has 1 aromatic heterocycles. The number of ether oxygens (including phenoxy) is 1. The first-order valence-corrected chi connectivity index (χ1v) is 10.1. The SMILES string of the molecule is COc1ccc(C(NC(=O)CCc2nnc(-c3ccccc3)o2)c2ccccc2)cc1. The minimum Gasteiger partial charge on any atom is -0.497 e. The summed E-state index contributed by atoms with van der Waals surface area (Å²) in [5.41, 5.74) is 2.84. The van der Waals surface area contributed by atoms with Crippen molar-refractivity contribution in [3.63, 3.8) is 0 Å². The van der Waals surface area contributed by atoms with Crippen LogP contribution < -0.4 is 10.1 Å². The maximum atomic E-state index is 12.7. The van der Waals surface area contributed by atoms with Gasteiger partial charge in [-0.1, -0.05) is 60.7 Å². The number of hydrogen-bond acceptors (Lipinski definition) is 5. The van der Waals surface area contributed by atoms with Crippen molar-refractivity contribution in [2.24, 2.45) is 0 Å². The first-order valence-electron chi connectivity index (χ1n) is 10.1. The largest absolute Gasteiger partial charge is 0.497 e. The molecule has 1 N–H and O–H groups in total. The summed E-state index contributed by atoms with van der Waals surface area (Å²) < 4.78 is 11.0. The Kier molecular flexibility index (Phi) is 6.38. The van der Waals surface area contributed by atoms with Gasteiger partial charge < -0.3 is 14.5 Å². The lowest BCUT2D eigenvalue weighted by Crippen LogP contribution is -2.29. The van der Waals surface area contributed by atoms with Gasteiger partial charge in [0.1, 0.15) is 5.75 Å². The lowest BCUT2D eigenvalue weighted by molar-refractivity contribution is -0.121. The highest BCUT2D eigenvalue weighted by molar-refractivity contribution is 5.77. The fraction of sp³-hybridized carbons (Fsp3) is 0.160. The second-order valence-corrected chi connectivity index (χ2v) is 7.05. The van der Waals surface area contributed by atoms with Crippen molar-refractivity contribution in [2.45, 2.75) is 18.9 Å². The summed E-state index contributed by atoms with van der Waals surface area (Å²) in [5, 5.41) is 11.3. The van der Waals surface area contributed by atoms with Crippen LogP contribution in [0.15, 0.2) is 89.3 Å². The van der Waals surface area contributed by atoms with E-state index in [2.05, 4.69) is 15.5 Å². The third-order valence-corrected chi connectivity index (χ3v) is 4.94. The smallest absolute Gasteiger partial charge is 0.247 e. The van der Waals surface area contributed by atoms with Crippen LogP contribution in [0.2, 0.25) is 0 Å². The van der Waals surface area contributed by atoms with E-state index in [0.717, 1.165) is 22.4 Å². The molecule has 4 aromatic rings. The van der Waals surface area contributed by atoms with Gasteiger partial charge in [0.05, 0.1) is 13.2 Å². The highest BCUT2D eigenvalue weighted by Crippen LogP contribution is 2.24. The van der Waals surface area contributed by atoms with E-state index in [-0.39, 0.29) is 18.4 Å². The maximum absolute atomic E-state index is 12.7. The van der Waals surface area contributed by atoms with E-state index < -0.39 is 0 Å². The van der Waals surface area contributed by atoms with Crippen molar-refractivity contribution in [2.75, 3.05) is 7.11 Å². The zero-order valence-corrected chi connectivity index (χ0v) is 17.2. The molecule has 3 aromatic carbocycles. The van der Waals surface area contributed by atoms with Crippen molar-refractivity contribution in [3.05, 3.63) is 102 Å². The molecule has 0 saturated heterocycles. The van der Waals surface area contributed by atoms with Gasteiger partial charge in [-0.3, -0.25) is 4.79 Å². The molecule has 6 heteroatoms. The third-order valence-electron chi connectivity index (χ3n) is 4.94. The number of carbonyl (C=O) groups excluding carboxylic acids is 1. The number of aromatic nitrogens is 2. The molecular weight excluding hydrogens is 390 g/mol. The van der Waals surface area contributed by atoms with Crippen molar-refractivity contribution in [1.29, 1.82) is 0 Å². The molecule has 0 saturated carbocycles. The number of rotatable bonds is 8. The molecule has 31 heavy (non-hydrogen) atoms. The number of nitrogens with zero attached hydrogens (tertiary/aromatic N) is 2. The minimum absolute atomic E-state index is 0.0934. The van der Waals surface area contributed by atoms with Crippen LogP contribution in [0.3, 0.4) is 0 Å². The molecular formula is C25H23N3O3. The average Bonchev–Trinajstić information content (AvgIpc) is 3.32. The first-order chi connectivity index (χ1) is 15.2. The molecule has 0 bridgehead atoms. The molecule has 1 unspecified atom stereocenters. The standard InChI is InChI=1S/C25H23N3O3/c1-30-21-14-12-19(13-15-21)24(18-8-4-2-5-9-18)26-22(29)16-17-23-27-28-25(31-23)20-10-6-3-7-11-20/h2-15,24H,16-17H2,1H3,(H,26,29). The summed E-state index contributed by atoms with van der Waals surface area (Å²) in [6.45, 7) is 0. The second-order valence-electron chi connectivity index (χ2n) is 7.05. The van der Waals surface area contributed by atoms with Gasteiger partial charge in [-0.25, -0.2) is 0 Å². The Morgan fingerprint density at radius 3 is 2.23 bits per heavy atom. The number of aryl methyl sites for hydroxylation is 1. The topological polar surface area (TPSA) is 77.2 Å². The predicted molar refractivity (Wildman–Crippen MR) is 117 cm³/mol. The summed E-state index contributed by atoms with van der Waals surface area (Å²) in [6.07, 6.45) is 0.617. The Hall–Kier alpha value is -3.93. The molecule has 4 rings (SSSR count). The van der Waals surface area contributed by atoms with Gasteiger partial charge in [-0.15, -0.1) is 10.2 Å². The Bertz CT molecular complexity index is 1110. The maximum Gasteiger partial charge on any atom is 0.247 e. The Labute approximate surface area is 180 Å². The van der Waals surface area contributed by atoms with Crippen LogP contribution >= 0.6 is 0 Å². The van der Waals surface area contributed by atoms with Crippen molar-refractivity contribution < 1.29 is 13.9 Å². The minimum atomic E-state index is -0.262. The molecule has 6 nitrogen and oxygen atoms in total. The molecule has 0 fully saturated rings. The van der Waals surface area contributed by atoms with Crippen LogP contribution in [0.25, 0.3) is 11.5 Å². The zero-order chi connectivity index (χ0) is 21.5. The second kappa shape index (κ2) is 9.71. The van der Waals surface area contributed by atoms with Crippen molar-refractivity contribution in [1.82, 2.24) is 15.5 Å². The van der Waals surface area contributed by atoms with Crippen molar-refractivity contribution in [3.8, 4) is 17.2 Å². The monoisotopic (exact) mass is 413 g/mol. The van der Waals surface area contributed by atoms with Crippen LogP contribution in [0.4, 0.5) is 0 Å². The van der Waals surface area contributed by atoms with Crippen LogP contribution in [-0.2, 0) is 11.2 Å². The number of benzene rings is 3. The summed E-state index contributed by atoms with van der Waals surface area (Å²) >= 11 is 0. The number of nitrogens with one attached hydrogen (secondary N) is 1. The van der Waals surface area contributed by atoms with Crippen molar-refractivity contribution >= 4 is 5.91 Å². The molecule has 0 aliphatic rings. The highest BCUT2D eigenvalue weighted by atomic mass is 16.5. The number of amides is 1. The van der Waals surface area contributed by atoms with E-state index >= 15 is 0 Å². The molecule has 156 valence electrons. The van der Waals surface area contributed by atoms with Gasteiger partial charge in [-0.2, -0.15) is 0 Å². The number of methoxy groups -OCH3 is 1. The van der Waals surface area contributed by atoms with Gasteiger partial charge in [0.15, 0.2) is 0 Å². The number of carbonyl (C=O) groups is 1. The van der Waals surface area contributed by atoms with Crippen LogP contribution in [0.5, 0.6) is 5.75 Å². The fourth-order valence-electron chi connectivity index (χ4n) is 3.31. The van der Waals surface area contributed by atoms with E-state index in [1.54, 1.807) is 7.11 Å². The summed E-state index contributed by atoms with van der Waals surface area (Å²) in [5.74, 6) is 1.57. The van der Waals surface area contributed by atoms with Gasteiger partial charge in [0, 0.05) is 18.4 Å². The van der Waals surface area contributed by atoms with E-state index in [1.165, 1.54) is 0 Å². The Morgan fingerprint density at radius 2 is 1.55 bits per heavy atom. The Balaban J connectivity index is 1.43. The van der Waals surface area contributed by atoms with Crippen LogP contribution in [0, 0.1) is 0 Å². The van der Waals surface area contributed by atoms with Gasteiger partial charge in [0.25, 0.3) is 0 Å². The fourth-order valence-corrected chi connectivity index (χ4v) is 3.31. The Morgan fingerprint density at radius 1 is 0.903 bits per heavy atom. The molecule has 0 radical (unpaired) electrons. The quantitative estimate of drug-likeness (QED) is 0.457. The normalized spacial score (nSPS) is 11.6. The molecule has 1 heterocycles. The van der Waals surface area contributed by atoms with Gasteiger partial charge >= 0.3 is 0 Å². The average molecular weight is 413 g/mol. The number of hydrogen-bond donors (Lipinski definition) is 1. The van der Waals surface area contributed by atoms with Crippen LogP contribution in [-0.4, -0.2) is 23.2 Å². The summed E-state index contributed by atoms with van der Waals surface area (Å²) in [7, 11) is 1.63. The molecule has 0 spiro atoms. The zero-order valence-electron chi connectivity index (χ0n) is 17.2. The predicted octanol–water partition coefficient (Wildman–Crippen LogP) is 4.58. The summed E-state index contributed by atoms with van der Waals surface area (Å²) in [6, 6.07) is 26.9. The molecule has 0 aliphatic carbocycles. The third kappa shape index (κ3) is 5.17. The molecule has 1 amide bonds. The first kappa shape index (κ1) is 20.3. The molecule has 0 aliphatic heterocycles. The summed E-state index contributed by atoms with van der Waals surface area (Å²) in [4.78, 5) is 12.7. The molecule has 1 atom stereocenters. The van der Waals surface area contributed by atoms with E-state index in [1.807, 2.05) is 84.9 Å². The lowest BCUT2D eigenvalue weighted by atomic mass is 9.98. The van der Waals surface area contributed by atoms with E-state index in [0.29, 0.717) is 18.2 Å². The van der Waals surface area contributed by atoms with E-state index in [9.17, 15) is 4.79 Å². The van der Waals surface area contributed by atoms with Gasteiger partial charge in [0.2, 0.25) is 17.7 Å².